The number of hydrogen-bond donors (Lipinski definition) is 1. The van der Waals surface area contributed by atoms with Crippen molar-refractivity contribution in [3.05, 3.63) is 82.9 Å². The van der Waals surface area contributed by atoms with Gasteiger partial charge in [0.15, 0.2) is 11.5 Å². The molecule has 0 spiro atoms. The third-order valence-electron chi connectivity index (χ3n) is 6.69. The molecule has 0 heterocycles. The highest BCUT2D eigenvalue weighted by atomic mass is 35.5. The van der Waals surface area contributed by atoms with E-state index in [2.05, 4.69) is 5.32 Å². The van der Waals surface area contributed by atoms with Gasteiger partial charge in [-0.1, -0.05) is 48.4 Å². The molecule has 0 aliphatic carbocycles. The molecule has 0 aliphatic rings. The van der Waals surface area contributed by atoms with E-state index in [0.29, 0.717) is 22.9 Å². The van der Waals surface area contributed by atoms with Gasteiger partial charge in [-0.05, 0) is 76.1 Å². The van der Waals surface area contributed by atoms with Crippen LogP contribution in [0.5, 0.6) is 11.5 Å². The first-order chi connectivity index (χ1) is 20.2. The van der Waals surface area contributed by atoms with Crippen molar-refractivity contribution in [3.8, 4) is 11.5 Å². The lowest BCUT2D eigenvalue weighted by Crippen LogP contribution is -2.55. The number of methoxy groups -OCH3 is 2. The van der Waals surface area contributed by atoms with E-state index < -0.39 is 34.1 Å². The number of rotatable bonds is 12. The molecule has 0 bridgehead atoms. The summed E-state index contributed by atoms with van der Waals surface area (Å²) in [5.41, 5.74) is 1.43. The normalized spacial score (nSPS) is 12.3. The number of carbonyl (C=O) groups excluding carboxylic acids is 2. The van der Waals surface area contributed by atoms with E-state index in [4.69, 9.17) is 21.1 Å². The standard InChI is InChI=1S/C32H40ClN3O6S/c1-8-27(31(38)34-32(3,4)5)35(20-23-11-13-24(33)14-12-23)30(37)21-36(25-15-9-22(2)10-16-25)43(39,40)26-17-18-28(41-6)29(19-26)42-7/h9-19,27H,8,20-21H2,1-7H3,(H,34,38)/t27-/m0/s1. The van der Waals surface area contributed by atoms with Crippen molar-refractivity contribution in [1.82, 2.24) is 10.2 Å². The lowest BCUT2D eigenvalue weighted by molar-refractivity contribution is -0.141. The second kappa shape index (κ2) is 14.1. The number of aryl methyl sites for hydroxylation is 1. The summed E-state index contributed by atoms with van der Waals surface area (Å²) in [4.78, 5) is 29.0. The molecule has 0 aliphatic heterocycles. The second-order valence-electron chi connectivity index (χ2n) is 11.2. The highest BCUT2D eigenvalue weighted by Crippen LogP contribution is 2.32. The van der Waals surface area contributed by atoms with E-state index in [9.17, 15) is 18.0 Å². The fourth-order valence-corrected chi connectivity index (χ4v) is 6.06. The van der Waals surface area contributed by atoms with E-state index in [-0.39, 0.29) is 23.1 Å². The number of benzene rings is 3. The smallest absolute Gasteiger partial charge is 0.264 e. The second-order valence-corrected chi connectivity index (χ2v) is 13.5. The van der Waals surface area contributed by atoms with Gasteiger partial charge < -0.3 is 19.7 Å². The van der Waals surface area contributed by atoms with E-state index in [1.807, 2.05) is 34.6 Å². The zero-order chi connectivity index (χ0) is 31.9. The van der Waals surface area contributed by atoms with Crippen LogP contribution in [0.25, 0.3) is 0 Å². The summed E-state index contributed by atoms with van der Waals surface area (Å²) >= 11 is 6.09. The number of nitrogens with zero attached hydrogens (tertiary/aromatic N) is 2. The van der Waals surface area contributed by atoms with Gasteiger partial charge in [-0.3, -0.25) is 13.9 Å². The van der Waals surface area contributed by atoms with E-state index in [1.54, 1.807) is 48.5 Å². The Balaban J connectivity index is 2.10. The Morgan fingerprint density at radius 2 is 1.53 bits per heavy atom. The highest BCUT2D eigenvalue weighted by Gasteiger charge is 2.35. The van der Waals surface area contributed by atoms with Crippen molar-refractivity contribution >= 4 is 39.1 Å². The largest absolute Gasteiger partial charge is 0.493 e. The van der Waals surface area contributed by atoms with Crippen LogP contribution in [0.3, 0.4) is 0 Å². The van der Waals surface area contributed by atoms with Crippen molar-refractivity contribution < 1.29 is 27.5 Å². The molecule has 0 radical (unpaired) electrons. The zero-order valence-corrected chi connectivity index (χ0v) is 27.3. The Morgan fingerprint density at radius 1 is 0.930 bits per heavy atom. The maximum Gasteiger partial charge on any atom is 0.264 e. The van der Waals surface area contributed by atoms with Crippen LogP contribution in [0.1, 0.15) is 45.2 Å². The van der Waals surface area contributed by atoms with Crippen LogP contribution in [0.15, 0.2) is 71.6 Å². The summed E-state index contributed by atoms with van der Waals surface area (Å²) in [7, 11) is -1.41. The Bertz CT molecular complexity index is 1520. The molecule has 1 N–H and O–H groups in total. The van der Waals surface area contributed by atoms with Crippen LogP contribution in [0, 0.1) is 6.92 Å². The number of sulfonamides is 1. The molecule has 3 aromatic carbocycles. The fourth-order valence-electron chi connectivity index (χ4n) is 4.50. The molecule has 0 aromatic heterocycles. The molecular weight excluding hydrogens is 590 g/mol. The van der Waals surface area contributed by atoms with Crippen molar-refractivity contribution in [3.63, 3.8) is 0 Å². The van der Waals surface area contributed by atoms with E-state index in [0.717, 1.165) is 15.4 Å². The van der Waals surface area contributed by atoms with Crippen LogP contribution in [-0.2, 0) is 26.2 Å². The quantitative estimate of drug-likeness (QED) is 0.280. The number of nitrogens with one attached hydrogen (secondary N) is 1. The maximum absolute atomic E-state index is 14.2. The summed E-state index contributed by atoms with van der Waals surface area (Å²) in [5.74, 6) is -0.283. The predicted molar refractivity (Wildman–Crippen MR) is 169 cm³/mol. The molecule has 2 amide bonds. The third kappa shape index (κ3) is 8.64. The van der Waals surface area contributed by atoms with Crippen LogP contribution in [0.4, 0.5) is 5.69 Å². The Morgan fingerprint density at radius 3 is 2.07 bits per heavy atom. The zero-order valence-electron chi connectivity index (χ0n) is 25.7. The highest BCUT2D eigenvalue weighted by molar-refractivity contribution is 7.92. The average molecular weight is 630 g/mol. The topological polar surface area (TPSA) is 105 Å². The molecule has 1 atom stereocenters. The predicted octanol–water partition coefficient (Wildman–Crippen LogP) is 5.58. The molecule has 0 saturated carbocycles. The van der Waals surface area contributed by atoms with Gasteiger partial charge in [0, 0.05) is 23.2 Å². The minimum absolute atomic E-state index is 0.0736. The molecule has 0 saturated heterocycles. The van der Waals surface area contributed by atoms with Gasteiger partial charge in [0.25, 0.3) is 10.0 Å². The van der Waals surface area contributed by atoms with Crippen molar-refractivity contribution in [2.75, 3.05) is 25.1 Å². The Labute approximate surface area is 259 Å². The molecule has 232 valence electrons. The number of amides is 2. The van der Waals surface area contributed by atoms with Gasteiger partial charge in [0.05, 0.1) is 24.8 Å². The Hall–Kier alpha value is -3.76. The third-order valence-corrected chi connectivity index (χ3v) is 8.72. The molecule has 11 heteroatoms. The minimum atomic E-state index is -4.28. The number of hydrogen-bond acceptors (Lipinski definition) is 6. The summed E-state index contributed by atoms with van der Waals surface area (Å²) < 4.78 is 40.0. The average Bonchev–Trinajstić information content (AvgIpc) is 2.95. The molecule has 43 heavy (non-hydrogen) atoms. The first-order valence-electron chi connectivity index (χ1n) is 13.9. The van der Waals surface area contributed by atoms with E-state index in [1.165, 1.54) is 37.3 Å². The monoisotopic (exact) mass is 629 g/mol. The molecule has 3 aromatic rings. The van der Waals surface area contributed by atoms with Gasteiger partial charge >= 0.3 is 0 Å². The van der Waals surface area contributed by atoms with Crippen molar-refractivity contribution in [2.24, 2.45) is 0 Å². The maximum atomic E-state index is 14.2. The van der Waals surface area contributed by atoms with Gasteiger partial charge in [0.1, 0.15) is 12.6 Å². The summed E-state index contributed by atoms with van der Waals surface area (Å²) in [5, 5.41) is 3.49. The summed E-state index contributed by atoms with van der Waals surface area (Å²) in [6.07, 6.45) is 0.314. The first kappa shape index (κ1) is 33.7. The van der Waals surface area contributed by atoms with Crippen LogP contribution < -0.4 is 19.1 Å². The lowest BCUT2D eigenvalue weighted by Gasteiger charge is -2.34. The van der Waals surface area contributed by atoms with Crippen molar-refractivity contribution in [1.29, 1.82) is 0 Å². The SMILES string of the molecule is CC[C@@H](C(=O)NC(C)(C)C)N(Cc1ccc(Cl)cc1)C(=O)CN(c1ccc(C)cc1)S(=O)(=O)c1ccc(OC)c(OC)c1. The molecule has 3 rings (SSSR count). The van der Waals surface area contributed by atoms with Crippen LogP contribution in [-0.4, -0.2) is 57.5 Å². The molecular formula is C32H40ClN3O6S. The molecule has 0 unspecified atom stereocenters. The number of ether oxygens (including phenoxy) is 2. The van der Waals surface area contributed by atoms with Gasteiger partial charge in [0.2, 0.25) is 11.8 Å². The van der Waals surface area contributed by atoms with Crippen molar-refractivity contribution in [2.45, 2.75) is 64.1 Å². The summed E-state index contributed by atoms with van der Waals surface area (Å²) in [6.45, 7) is 8.80. The number of anilines is 1. The fraction of sp³-hybridized carbons (Fsp3) is 0.375. The number of carbonyl (C=O) groups is 2. The number of halogens is 1. The van der Waals surface area contributed by atoms with Gasteiger partial charge in [-0.25, -0.2) is 8.42 Å². The van der Waals surface area contributed by atoms with Crippen LogP contribution in [0.2, 0.25) is 5.02 Å². The van der Waals surface area contributed by atoms with Gasteiger partial charge in [-0.15, -0.1) is 0 Å². The summed E-state index contributed by atoms with van der Waals surface area (Å²) in [6, 6.07) is 17.2. The molecule has 9 nitrogen and oxygen atoms in total. The Kier molecular flexibility index (Phi) is 11.1. The van der Waals surface area contributed by atoms with Crippen LogP contribution >= 0.6 is 11.6 Å². The van der Waals surface area contributed by atoms with Gasteiger partial charge in [-0.2, -0.15) is 0 Å². The minimum Gasteiger partial charge on any atom is -0.493 e. The lowest BCUT2D eigenvalue weighted by atomic mass is 10.1. The first-order valence-corrected chi connectivity index (χ1v) is 15.7. The van der Waals surface area contributed by atoms with E-state index >= 15 is 0 Å². The molecule has 0 fully saturated rings.